The first-order valence-electron chi connectivity index (χ1n) is 8.66. The van der Waals surface area contributed by atoms with E-state index in [9.17, 15) is 14.4 Å². The lowest BCUT2D eigenvalue weighted by atomic mass is 10.2. The molecule has 8 nitrogen and oxygen atoms in total. The fourth-order valence-corrected chi connectivity index (χ4v) is 3.51. The number of hydrogen-bond donors (Lipinski definition) is 1. The Morgan fingerprint density at radius 2 is 1.90 bits per heavy atom. The molecule has 0 aliphatic heterocycles. The molecule has 0 bridgehead atoms. The maximum absolute atomic E-state index is 12.5. The van der Waals surface area contributed by atoms with Gasteiger partial charge in [-0.25, -0.2) is 14.9 Å². The molecule has 2 heterocycles. The lowest BCUT2D eigenvalue weighted by Gasteiger charge is -2.02. The molecule has 150 valence electrons. The Bertz CT molecular complexity index is 1400. The van der Waals surface area contributed by atoms with Crippen molar-refractivity contribution in [2.45, 2.75) is 6.92 Å². The summed E-state index contributed by atoms with van der Waals surface area (Å²) >= 11 is 6.92. The van der Waals surface area contributed by atoms with Gasteiger partial charge in [0.15, 0.2) is 10.8 Å². The number of para-hydroxylation sites is 1. The molecule has 0 radical (unpaired) electrons. The predicted molar refractivity (Wildman–Crippen MR) is 112 cm³/mol. The van der Waals surface area contributed by atoms with Gasteiger partial charge in [0, 0.05) is 17.3 Å². The van der Waals surface area contributed by atoms with Crippen molar-refractivity contribution in [1.82, 2.24) is 15.2 Å². The maximum Gasteiger partial charge on any atom is 0.349 e. The molecule has 4 aromatic rings. The van der Waals surface area contributed by atoms with E-state index in [4.69, 9.17) is 16.0 Å². The average Bonchev–Trinajstić information content (AvgIpc) is 3.16. The first-order valence-corrected chi connectivity index (χ1v) is 9.86. The zero-order valence-corrected chi connectivity index (χ0v) is 17.0. The molecule has 0 saturated carbocycles. The second kappa shape index (κ2) is 8.05. The first kappa shape index (κ1) is 19.7. The smallest absolute Gasteiger partial charge is 0.349 e. The molecule has 1 N–H and O–H groups in total. The Morgan fingerprint density at radius 1 is 1.17 bits per heavy atom. The van der Waals surface area contributed by atoms with E-state index >= 15 is 0 Å². The molecule has 0 aliphatic carbocycles. The van der Waals surface area contributed by atoms with Gasteiger partial charge in [-0.3, -0.25) is 9.59 Å². The summed E-state index contributed by atoms with van der Waals surface area (Å²) in [6.07, 6.45) is 0. The number of benzene rings is 2. The van der Waals surface area contributed by atoms with Gasteiger partial charge in [-0.2, -0.15) is 5.10 Å². The lowest BCUT2D eigenvalue weighted by Crippen LogP contribution is -2.27. The van der Waals surface area contributed by atoms with E-state index in [1.807, 2.05) is 0 Å². The predicted octanol–water partition coefficient (Wildman–Crippen LogP) is 3.14. The third kappa shape index (κ3) is 3.93. The highest BCUT2D eigenvalue weighted by Crippen LogP contribution is 2.14. The zero-order valence-electron chi connectivity index (χ0n) is 15.5. The molecule has 2 aromatic heterocycles. The van der Waals surface area contributed by atoms with Crippen molar-refractivity contribution in [3.63, 3.8) is 0 Å². The monoisotopic (exact) mass is 440 g/mol. The zero-order chi connectivity index (χ0) is 21.3. The number of nitrogens with one attached hydrogen (secondary N) is 1. The summed E-state index contributed by atoms with van der Waals surface area (Å²) in [5, 5.41) is 9.65. The van der Waals surface area contributed by atoms with Gasteiger partial charge < -0.3 is 4.42 Å². The van der Waals surface area contributed by atoms with E-state index < -0.39 is 11.5 Å². The van der Waals surface area contributed by atoms with E-state index in [1.165, 1.54) is 17.7 Å². The van der Waals surface area contributed by atoms with Gasteiger partial charge in [-0.15, -0.1) is 5.10 Å². The maximum atomic E-state index is 12.5. The Hall–Kier alpha value is -3.56. The number of carbonyl (C=O) groups excluding carboxylic acids is 2. The highest BCUT2D eigenvalue weighted by molar-refractivity contribution is 7.10. The number of halogens is 1. The molecule has 30 heavy (non-hydrogen) atoms. The number of rotatable bonds is 4. The van der Waals surface area contributed by atoms with Crippen LogP contribution < -0.4 is 15.9 Å². The van der Waals surface area contributed by atoms with Gasteiger partial charge in [-0.1, -0.05) is 41.1 Å². The summed E-state index contributed by atoms with van der Waals surface area (Å²) in [5.74, 6) is -0.986. The van der Waals surface area contributed by atoms with Crippen LogP contribution in [0.25, 0.3) is 16.7 Å². The number of fused-ring (bicyclic) bond motifs is 1. The van der Waals surface area contributed by atoms with Crippen molar-refractivity contribution in [2.24, 2.45) is 5.10 Å². The Morgan fingerprint density at radius 3 is 2.63 bits per heavy atom. The van der Waals surface area contributed by atoms with Crippen LogP contribution in [0.2, 0.25) is 5.02 Å². The van der Waals surface area contributed by atoms with Crippen LogP contribution in [0.15, 0.2) is 68.9 Å². The minimum atomic E-state index is -0.777. The Balaban J connectivity index is 1.72. The molecular weight excluding hydrogens is 428 g/mol. The summed E-state index contributed by atoms with van der Waals surface area (Å²) in [6, 6.07) is 15.0. The SMILES string of the molecule is CC(=O)c1nn(-c2ccc(Cl)cc2)/c(=N/NC(=O)c2cc3ccccc3oc2=O)s1. The summed E-state index contributed by atoms with van der Waals surface area (Å²) in [4.78, 5) is 36.7. The van der Waals surface area contributed by atoms with Crippen molar-refractivity contribution in [2.75, 3.05) is 0 Å². The molecule has 2 aromatic carbocycles. The van der Waals surface area contributed by atoms with Crippen LogP contribution in [0, 0.1) is 0 Å². The second-order valence-electron chi connectivity index (χ2n) is 6.17. The summed E-state index contributed by atoms with van der Waals surface area (Å²) < 4.78 is 6.58. The number of Topliss-reactive ketones (excluding diaryl/α,β-unsaturated/α-hetero) is 1. The molecule has 0 saturated heterocycles. The minimum absolute atomic E-state index is 0.188. The summed E-state index contributed by atoms with van der Waals surface area (Å²) in [7, 11) is 0. The Labute approximate surface area is 178 Å². The number of aromatic nitrogens is 2. The average molecular weight is 441 g/mol. The highest BCUT2D eigenvalue weighted by Gasteiger charge is 2.15. The van der Waals surface area contributed by atoms with Crippen molar-refractivity contribution >= 4 is 45.6 Å². The quantitative estimate of drug-likeness (QED) is 0.298. The topological polar surface area (TPSA) is 107 Å². The van der Waals surface area contributed by atoms with E-state index in [1.54, 1.807) is 48.5 Å². The summed E-state index contributed by atoms with van der Waals surface area (Å²) in [6.45, 7) is 1.38. The Kier molecular flexibility index (Phi) is 5.30. The molecule has 1 amide bonds. The van der Waals surface area contributed by atoms with Gasteiger partial charge in [0.05, 0.1) is 5.69 Å². The van der Waals surface area contributed by atoms with Crippen LogP contribution in [0.4, 0.5) is 0 Å². The molecule has 0 atom stereocenters. The van der Waals surface area contributed by atoms with Gasteiger partial charge >= 0.3 is 5.63 Å². The lowest BCUT2D eigenvalue weighted by molar-refractivity contribution is 0.0948. The molecular formula is C20H13ClN4O4S. The van der Waals surface area contributed by atoms with E-state index in [0.717, 1.165) is 11.3 Å². The minimum Gasteiger partial charge on any atom is -0.422 e. The fraction of sp³-hybridized carbons (Fsp3) is 0.0500. The summed E-state index contributed by atoms with van der Waals surface area (Å²) in [5.41, 5.74) is 2.35. The molecule has 0 fully saturated rings. The van der Waals surface area contributed by atoms with Crippen molar-refractivity contribution in [3.05, 3.63) is 85.4 Å². The van der Waals surface area contributed by atoms with E-state index in [0.29, 0.717) is 21.7 Å². The largest absolute Gasteiger partial charge is 0.422 e. The van der Waals surface area contributed by atoms with Crippen LogP contribution in [-0.2, 0) is 0 Å². The van der Waals surface area contributed by atoms with Crippen molar-refractivity contribution in [1.29, 1.82) is 0 Å². The fourth-order valence-electron chi connectivity index (χ4n) is 2.63. The van der Waals surface area contributed by atoms with E-state index in [2.05, 4.69) is 15.6 Å². The number of ketones is 1. The van der Waals surface area contributed by atoms with Gasteiger partial charge in [-0.05, 0) is 36.4 Å². The van der Waals surface area contributed by atoms with Crippen LogP contribution in [0.1, 0.15) is 27.1 Å². The number of nitrogens with zero attached hydrogens (tertiary/aromatic N) is 3. The third-order valence-corrected chi connectivity index (χ3v) is 5.33. The molecule has 4 rings (SSSR count). The van der Waals surface area contributed by atoms with Crippen LogP contribution >= 0.6 is 22.9 Å². The molecule has 0 spiro atoms. The van der Waals surface area contributed by atoms with Crippen LogP contribution in [-0.4, -0.2) is 21.5 Å². The normalized spacial score (nSPS) is 11.6. The number of carbonyl (C=O) groups is 2. The standard InChI is InChI=1S/C20H13ClN4O4S/c1-11(26)18-24-25(14-8-6-13(21)7-9-14)20(30-18)23-22-17(27)15-10-12-4-2-3-5-16(12)29-19(15)28/h2-10H,1H3,(H,22,27)/b23-20-. The molecule has 0 unspecified atom stereocenters. The molecule has 0 aliphatic rings. The van der Waals surface area contributed by atoms with Crippen molar-refractivity contribution in [3.8, 4) is 5.69 Å². The molecule has 10 heteroatoms. The number of amides is 1. The van der Waals surface area contributed by atoms with Gasteiger partial charge in [0.25, 0.3) is 5.91 Å². The van der Waals surface area contributed by atoms with Gasteiger partial charge in [0.1, 0.15) is 11.1 Å². The highest BCUT2D eigenvalue weighted by atomic mass is 35.5. The van der Waals surface area contributed by atoms with E-state index in [-0.39, 0.29) is 21.2 Å². The first-order chi connectivity index (χ1) is 14.4. The van der Waals surface area contributed by atoms with Crippen LogP contribution in [0.5, 0.6) is 0 Å². The van der Waals surface area contributed by atoms with Gasteiger partial charge in [0.2, 0.25) is 4.80 Å². The van der Waals surface area contributed by atoms with Crippen LogP contribution in [0.3, 0.4) is 0 Å². The third-order valence-electron chi connectivity index (χ3n) is 4.07. The van der Waals surface area contributed by atoms with Crippen molar-refractivity contribution < 1.29 is 14.0 Å². The second-order valence-corrected chi connectivity index (χ2v) is 7.56. The number of hydrogen-bond acceptors (Lipinski definition) is 7.